The minimum absolute atomic E-state index is 0.0484. The Balaban J connectivity index is 1.64. The molecule has 3 rings (SSSR count). The summed E-state index contributed by atoms with van der Waals surface area (Å²) in [4.78, 5) is 75.5. The van der Waals surface area contributed by atoms with E-state index in [1.54, 1.807) is 30.3 Å². The molecular formula is C34H47N4O10P. The summed E-state index contributed by atoms with van der Waals surface area (Å²) >= 11 is 0. The number of hydrogen-bond donors (Lipinski definition) is 5. The third-order valence-electron chi connectivity index (χ3n) is 8.07. The van der Waals surface area contributed by atoms with Gasteiger partial charge in [-0.3, -0.25) is 23.5 Å². The minimum atomic E-state index is -4.69. The molecule has 2 unspecified atom stereocenters. The lowest BCUT2D eigenvalue weighted by Crippen LogP contribution is -2.50. The quantitative estimate of drug-likeness (QED) is 0.104. The van der Waals surface area contributed by atoms with E-state index < -0.39 is 61.4 Å². The van der Waals surface area contributed by atoms with Crippen molar-refractivity contribution in [2.45, 2.75) is 95.8 Å². The van der Waals surface area contributed by atoms with Crippen LogP contribution in [0.25, 0.3) is 0 Å². The summed E-state index contributed by atoms with van der Waals surface area (Å²) in [6.07, 6.45) is 0.808. The molecule has 0 saturated carbocycles. The van der Waals surface area contributed by atoms with Gasteiger partial charge >= 0.3 is 19.7 Å². The molecule has 14 nitrogen and oxygen atoms in total. The van der Waals surface area contributed by atoms with Crippen molar-refractivity contribution in [3.63, 3.8) is 0 Å². The van der Waals surface area contributed by atoms with Crippen LogP contribution in [0.5, 0.6) is 0 Å². The highest BCUT2D eigenvalue weighted by molar-refractivity contribution is 7.53. The van der Waals surface area contributed by atoms with Gasteiger partial charge in [-0.05, 0) is 63.1 Å². The normalized spacial score (nSPS) is 17.2. The van der Waals surface area contributed by atoms with Crippen LogP contribution in [0.15, 0.2) is 60.7 Å². The number of rotatable bonds is 19. The zero-order valence-electron chi connectivity index (χ0n) is 27.9. The molecule has 1 aliphatic heterocycles. The second-order valence-corrected chi connectivity index (χ2v) is 13.8. The van der Waals surface area contributed by atoms with Crippen LogP contribution in [0.4, 0.5) is 4.79 Å². The zero-order chi connectivity index (χ0) is 35.8. The molecule has 5 atom stereocenters. The topological polar surface area (TPSA) is 201 Å². The first kappa shape index (κ1) is 39.2. The van der Waals surface area contributed by atoms with E-state index in [0.717, 1.165) is 10.5 Å². The monoisotopic (exact) mass is 702 g/mol. The number of nitrogens with one attached hydrogen (secondary N) is 3. The first-order chi connectivity index (χ1) is 23.4. The van der Waals surface area contributed by atoms with E-state index in [0.29, 0.717) is 37.7 Å². The molecule has 0 radical (unpaired) electrons. The summed E-state index contributed by atoms with van der Waals surface area (Å²) in [5.41, 5.74) is 1.16. The molecule has 0 spiro atoms. The molecule has 0 bridgehead atoms. The number of benzene rings is 2. The van der Waals surface area contributed by atoms with Gasteiger partial charge in [-0.1, -0.05) is 68.3 Å². The minimum Gasteiger partial charge on any atom is -0.480 e. The van der Waals surface area contributed by atoms with E-state index in [1.807, 2.05) is 37.3 Å². The first-order valence-corrected chi connectivity index (χ1v) is 18.2. The van der Waals surface area contributed by atoms with Crippen molar-refractivity contribution in [1.82, 2.24) is 20.9 Å². The van der Waals surface area contributed by atoms with Gasteiger partial charge in [-0.15, -0.1) is 0 Å². The Morgan fingerprint density at radius 3 is 2.29 bits per heavy atom. The lowest BCUT2D eigenvalue weighted by Gasteiger charge is -2.30. The molecule has 268 valence electrons. The van der Waals surface area contributed by atoms with Gasteiger partial charge in [0.05, 0.1) is 0 Å². The molecule has 0 aliphatic carbocycles. The molecule has 2 aromatic rings. The fourth-order valence-electron chi connectivity index (χ4n) is 5.38. The summed E-state index contributed by atoms with van der Waals surface area (Å²) in [5.74, 6) is -4.54. The number of carbonyl (C=O) groups is 5. The molecule has 1 saturated heterocycles. The average Bonchev–Trinajstić information content (AvgIpc) is 3.59. The largest absolute Gasteiger partial charge is 0.480 e. The first-order valence-electron chi connectivity index (χ1n) is 16.6. The predicted octanol–water partition coefficient (Wildman–Crippen LogP) is 4.18. The van der Waals surface area contributed by atoms with Crippen molar-refractivity contribution < 1.29 is 47.8 Å². The van der Waals surface area contributed by atoms with E-state index in [9.17, 15) is 38.5 Å². The number of amides is 4. The van der Waals surface area contributed by atoms with Gasteiger partial charge in [0.1, 0.15) is 30.6 Å². The number of ether oxygens (including phenoxy) is 1. The fraction of sp³-hybridized carbons (Fsp3) is 0.500. The smallest absolute Gasteiger partial charge is 0.407 e. The van der Waals surface area contributed by atoms with E-state index in [2.05, 4.69) is 16.0 Å². The number of nitrogens with zero attached hydrogens (tertiary/aromatic N) is 1. The third kappa shape index (κ3) is 12.6. The number of carboxylic acid groups (broad SMARTS) is 1. The lowest BCUT2D eigenvalue weighted by molar-refractivity contribution is -0.151. The number of unbranched alkanes of at least 4 members (excludes halogenated alkanes) is 2. The SMILES string of the molecule is CCCCC(NC(=O)[C@H](CCCCNC(=O)OCc1ccccc1)NC(=O)c1ccccc1)P(=O)(O)O[C@@H](C)C(=O)N1CCC[C@H]1C(=O)O. The van der Waals surface area contributed by atoms with Crippen LogP contribution in [0.3, 0.4) is 0 Å². The second-order valence-electron chi connectivity index (χ2n) is 11.9. The summed E-state index contributed by atoms with van der Waals surface area (Å²) in [7, 11) is -4.69. The predicted molar refractivity (Wildman–Crippen MR) is 180 cm³/mol. The second kappa shape index (κ2) is 19.7. The van der Waals surface area contributed by atoms with Crippen molar-refractivity contribution in [2.24, 2.45) is 0 Å². The molecule has 49 heavy (non-hydrogen) atoms. The van der Waals surface area contributed by atoms with E-state index in [4.69, 9.17) is 9.26 Å². The molecule has 15 heteroatoms. The average molecular weight is 703 g/mol. The molecule has 0 aromatic heterocycles. The van der Waals surface area contributed by atoms with Gasteiger partial charge in [0, 0.05) is 18.7 Å². The summed E-state index contributed by atoms with van der Waals surface area (Å²) in [5, 5.41) is 17.4. The molecule has 5 N–H and O–H groups in total. The van der Waals surface area contributed by atoms with Crippen molar-refractivity contribution in [3.05, 3.63) is 71.8 Å². The molecular weight excluding hydrogens is 655 g/mol. The molecule has 4 amide bonds. The van der Waals surface area contributed by atoms with E-state index >= 15 is 0 Å². The van der Waals surface area contributed by atoms with E-state index in [-0.39, 0.29) is 39.0 Å². The van der Waals surface area contributed by atoms with Gasteiger partial charge < -0.3 is 35.6 Å². The van der Waals surface area contributed by atoms with Crippen molar-refractivity contribution in [3.8, 4) is 0 Å². The Labute approximate surface area is 286 Å². The van der Waals surface area contributed by atoms with Crippen LogP contribution in [0, 0.1) is 0 Å². The van der Waals surface area contributed by atoms with Crippen LogP contribution >= 0.6 is 7.60 Å². The summed E-state index contributed by atoms with van der Waals surface area (Å²) < 4.78 is 24.2. The van der Waals surface area contributed by atoms with Gasteiger partial charge in [0.25, 0.3) is 11.8 Å². The van der Waals surface area contributed by atoms with Crippen molar-refractivity contribution in [1.29, 1.82) is 0 Å². The maximum atomic E-state index is 13.6. The standard InChI is InChI=1S/C34H47N4O10P/c1-3-4-20-29(49(45,46)48-24(2)32(41)38-22-13-19-28(38)33(42)43)37-31(40)27(36-30(39)26-16-9-6-10-17-26)18-11-12-21-35-34(44)47-23-25-14-7-5-8-15-25/h5-10,14-17,24,27-29H,3-4,11-13,18-23H2,1-2H3,(H,35,44)(H,36,39)(H,37,40)(H,42,43)(H,45,46)/t24-,27-,28-,29?/m0/s1. The summed E-state index contributed by atoms with van der Waals surface area (Å²) in [6, 6.07) is 15.3. The number of hydrogen-bond acceptors (Lipinski definition) is 8. The van der Waals surface area contributed by atoms with Crippen molar-refractivity contribution in [2.75, 3.05) is 13.1 Å². The van der Waals surface area contributed by atoms with Gasteiger partial charge in [-0.2, -0.15) is 0 Å². The molecule has 1 heterocycles. The highest BCUT2D eigenvalue weighted by Crippen LogP contribution is 2.49. The molecule has 2 aromatic carbocycles. The lowest BCUT2D eigenvalue weighted by atomic mass is 10.1. The number of carboxylic acids is 1. The highest BCUT2D eigenvalue weighted by atomic mass is 31.2. The van der Waals surface area contributed by atoms with Crippen LogP contribution in [-0.4, -0.2) is 81.7 Å². The Bertz CT molecular complexity index is 1440. The zero-order valence-corrected chi connectivity index (χ0v) is 28.8. The van der Waals surface area contributed by atoms with Crippen LogP contribution in [0.1, 0.15) is 81.1 Å². The number of carbonyl (C=O) groups excluding carboxylic acids is 4. The van der Waals surface area contributed by atoms with Gasteiger partial charge in [0.2, 0.25) is 5.91 Å². The number of alkyl carbamates (subject to hydrolysis) is 1. The third-order valence-corrected chi connectivity index (χ3v) is 9.86. The summed E-state index contributed by atoms with van der Waals surface area (Å²) in [6.45, 7) is 3.69. The number of aliphatic carboxylic acids is 1. The Kier molecular flexibility index (Phi) is 15.7. The Morgan fingerprint density at radius 2 is 1.63 bits per heavy atom. The van der Waals surface area contributed by atoms with Crippen molar-refractivity contribution >= 4 is 37.4 Å². The molecule has 1 aliphatic rings. The Morgan fingerprint density at radius 1 is 0.959 bits per heavy atom. The van der Waals surface area contributed by atoms with Crippen LogP contribution < -0.4 is 16.0 Å². The molecule has 1 fully saturated rings. The highest BCUT2D eigenvalue weighted by Gasteiger charge is 2.41. The van der Waals surface area contributed by atoms with Crippen LogP contribution in [0.2, 0.25) is 0 Å². The maximum absolute atomic E-state index is 13.6. The van der Waals surface area contributed by atoms with Crippen LogP contribution in [-0.2, 0) is 34.8 Å². The van der Waals surface area contributed by atoms with Gasteiger partial charge in [0.15, 0.2) is 0 Å². The Hall–Kier alpha value is -4.26. The van der Waals surface area contributed by atoms with Gasteiger partial charge in [-0.25, -0.2) is 9.59 Å². The van der Waals surface area contributed by atoms with E-state index in [1.165, 1.54) is 6.92 Å². The fourth-order valence-corrected chi connectivity index (χ4v) is 6.87. The maximum Gasteiger partial charge on any atom is 0.407 e. The number of likely N-dealkylation sites (tertiary alicyclic amines) is 1.